The van der Waals surface area contributed by atoms with Crippen molar-refractivity contribution in [1.82, 2.24) is 15.6 Å². The minimum absolute atomic E-state index is 0.194. The van der Waals surface area contributed by atoms with Gasteiger partial charge in [-0.05, 0) is 50.8 Å². The van der Waals surface area contributed by atoms with Crippen LogP contribution < -0.4 is 16.4 Å². The van der Waals surface area contributed by atoms with E-state index in [4.69, 9.17) is 10.5 Å². The van der Waals surface area contributed by atoms with Gasteiger partial charge in [0.2, 0.25) is 5.91 Å². The van der Waals surface area contributed by atoms with Gasteiger partial charge in [0.05, 0.1) is 6.07 Å². The third kappa shape index (κ3) is 7.04. The van der Waals surface area contributed by atoms with Gasteiger partial charge in [0.15, 0.2) is 0 Å². The summed E-state index contributed by atoms with van der Waals surface area (Å²) in [6, 6.07) is 12.3. The van der Waals surface area contributed by atoms with Gasteiger partial charge in [-0.1, -0.05) is 49.6 Å². The van der Waals surface area contributed by atoms with Crippen molar-refractivity contribution in [2.24, 2.45) is 5.73 Å². The van der Waals surface area contributed by atoms with E-state index in [1.807, 2.05) is 24.3 Å². The quantitative estimate of drug-likeness (QED) is 0.539. The highest BCUT2D eigenvalue weighted by molar-refractivity contribution is 5.91. The van der Waals surface area contributed by atoms with Crippen LogP contribution in [0.15, 0.2) is 42.6 Å². The Morgan fingerprint density at radius 3 is 2.25 bits per heavy atom. The number of nitrogens with zero attached hydrogens (tertiary/aromatic N) is 2. The molecule has 0 saturated heterocycles. The van der Waals surface area contributed by atoms with Crippen LogP contribution in [0, 0.1) is 11.3 Å². The van der Waals surface area contributed by atoms with E-state index >= 15 is 0 Å². The second-order valence-electron chi connectivity index (χ2n) is 10.1. The zero-order valence-electron chi connectivity index (χ0n) is 21.0. The number of hydrogen-bond acceptors (Lipinski definition) is 6. The van der Waals surface area contributed by atoms with E-state index < -0.39 is 29.2 Å². The lowest BCUT2D eigenvalue weighted by atomic mass is 9.80. The number of ether oxygens (including phenoxy) is 1. The van der Waals surface area contributed by atoms with E-state index in [-0.39, 0.29) is 11.6 Å². The number of alkyl carbamates (subject to hydrolysis) is 1. The van der Waals surface area contributed by atoms with Gasteiger partial charge in [-0.3, -0.25) is 14.6 Å². The smallest absolute Gasteiger partial charge is 0.408 e. The highest BCUT2D eigenvalue weighted by Gasteiger charge is 2.42. The summed E-state index contributed by atoms with van der Waals surface area (Å²) < 4.78 is 5.39. The monoisotopic (exact) mass is 491 g/mol. The number of nitrogens with two attached hydrogens (primary N) is 1. The predicted octanol–water partition coefficient (Wildman–Crippen LogP) is 3.63. The second-order valence-corrected chi connectivity index (χ2v) is 10.1. The summed E-state index contributed by atoms with van der Waals surface area (Å²) in [7, 11) is 0. The van der Waals surface area contributed by atoms with Gasteiger partial charge in [0.25, 0.3) is 5.91 Å². The average molecular weight is 492 g/mol. The largest absolute Gasteiger partial charge is 0.444 e. The van der Waals surface area contributed by atoms with E-state index in [2.05, 4.69) is 21.7 Å². The van der Waals surface area contributed by atoms with Crippen LogP contribution in [0.4, 0.5) is 4.79 Å². The van der Waals surface area contributed by atoms with Crippen molar-refractivity contribution in [3.8, 4) is 17.2 Å². The first-order chi connectivity index (χ1) is 17.0. The Hall–Kier alpha value is -3.93. The van der Waals surface area contributed by atoms with E-state index in [0.717, 1.165) is 36.0 Å². The molecule has 36 heavy (non-hydrogen) atoms. The van der Waals surface area contributed by atoms with Gasteiger partial charge < -0.3 is 21.1 Å². The molecule has 1 aliphatic carbocycles. The number of pyridine rings is 1. The Bertz CT molecular complexity index is 1120. The van der Waals surface area contributed by atoms with Gasteiger partial charge >= 0.3 is 6.09 Å². The number of nitrogens with one attached hydrogen (secondary N) is 2. The van der Waals surface area contributed by atoms with Crippen molar-refractivity contribution in [1.29, 1.82) is 5.26 Å². The number of carbonyl (C=O) groups is 3. The molecule has 1 fully saturated rings. The van der Waals surface area contributed by atoms with Crippen molar-refractivity contribution in [3.05, 3.63) is 53.9 Å². The summed E-state index contributed by atoms with van der Waals surface area (Å²) in [5, 5.41) is 15.4. The number of benzene rings is 1. The summed E-state index contributed by atoms with van der Waals surface area (Å²) >= 11 is 0. The lowest BCUT2D eigenvalue weighted by molar-refractivity contribution is -0.129. The number of carbonyl (C=O) groups excluding carboxylic acids is 3. The second kappa shape index (κ2) is 11.2. The predicted molar refractivity (Wildman–Crippen MR) is 135 cm³/mol. The first-order valence-electron chi connectivity index (χ1n) is 12.1. The average Bonchev–Trinajstić information content (AvgIpc) is 2.83. The van der Waals surface area contributed by atoms with E-state index in [0.29, 0.717) is 19.3 Å². The van der Waals surface area contributed by atoms with Crippen molar-refractivity contribution >= 4 is 17.9 Å². The fourth-order valence-electron chi connectivity index (χ4n) is 4.27. The number of rotatable bonds is 7. The molecule has 1 saturated carbocycles. The number of primary amides is 1. The molecule has 3 rings (SSSR count). The van der Waals surface area contributed by atoms with Gasteiger partial charge in [-0.15, -0.1) is 0 Å². The minimum Gasteiger partial charge on any atom is -0.444 e. The molecule has 0 bridgehead atoms. The molecule has 190 valence electrons. The van der Waals surface area contributed by atoms with Crippen LogP contribution >= 0.6 is 0 Å². The maximum Gasteiger partial charge on any atom is 0.408 e. The summed E-state index contributed by atoms with van der Waals surface area (Å²) in [5.41, 5.74) is 6.23. The topological polar surface area (TPSA) is 147 Å². The molecule has 1 aromatic heterocycles. The van der Waals surface area contributed by atoms with Gasteiger partial charge in [-0.25, -0.2) is 4.79 Å². The van der Waals surface area contributed by atoms with Crippen LogP contribution in [0.5, 0.6) is 0 Å². The van der Waals surface area contributed by atoms with E-state index in [1.54, 1.807) is 39.1 Å². The Morgan fingerprint density at radius 1 is 1.08 bits per heavy atom. The van der Waals surface area contributed by atoms with Crippen molar-refractivity contribution in [3.63, 3.8) is 0 Å². The lowest BCUT2D eigenvalue weighted by Gasteiger charge is -2.37. The maximum absolute atomic E-state index is 13.3. The van der Waals surface area contributed by atoms with Crippen LogP contribution in [-0.4, -0.2) is 40.1 Å². The molecular weight excluding hydrogens is 458 g/mol. The first-order valence-corrected chi connectivity index (χ1v) is 12.1. The van der Waals surface area contributed by atoms with Crippen LogP contribution in [0.25, 0.3) is 11.1 Å². The molecule has 0 radical (unpaired) electrons. The molecule has 9 heteroatoms. The summed E-state index contributed by atoms with van der Waals surface area (Å²) in [6.07, 6.45) is 4.83. The summed E-state index contributed by atoms with van der Waals surface area (Å²) in [6.45, 7) is 5.30. The SMILES string of the molecule is CC(C)(C)OC(=O)NC1(C(=O)NC(C#N)Cc2ccc(-c3ccc(C(N)=O)nc3)cc2)CCCCC1. The molecular formula is C27H33N5O4. The highest BCUT2D eigenvalue weighted by atomic mass is 16.6. The molecule has 0 spiro atoms. The van der Waals surface area contributed by atoms with Crippen LogP contribution in [0.3, 0.4) is 0 Å². The van der Waals surface area contributed by atoms with Gasteiger partial charge in [0.1, 0.15) is 22.9 Å². The van der Waals surface area contributed by atoms with Gasteiger partial charge in [0, 0.05) is 18.2 Å². The molecule has 1 atom stereocenters. The van der Waals surface area contributed by atoms with E-state index in [9.17, 15) is 19.6 Å². The Morgan fingerprint density at radius 2 is 1.72 bits per heavy atom. The lowest BCUT2D eigenvalue weighted by Crippen LogP contribution is -2.61. The van der Waals surface area contributed by atoms with Crippen LogP contribution in [-0.2, 0) is 16.0 Å². The highest BCUT2D eigenvalue weighted by Crippen LogP contribution is 2.29. The first kappa shape index (κ1) is 26.7. The molecule has 1 aromatic carbocycles. The molecule has 3 amide bonds. The molecule has 0 aliphatic heterocycles. The molecule has 4 N–H and O–H groups in total. The van der Waals surface area contributed by atoms with Crippen molar-refractivity contribution in [2.75, 3.05) is 0 Å². The van der Waals surface area contributed by atoms with Gasteiger partial charge in [-0.2, -0.15) is 5.26 Å². The summed E-state index contributed by atoms with van der Waals surface area (Å²) in [5.74, 6) is -0.949. The zero-order valence-corrected chi connectivity index (χ0v) is 21.0. The van der Waals surface area contributed by atoms with Crippen molar-refractivity contribution < 1.29 is 19.1 Å². The summed E-state index contributed by atoms with van der Waals surface area (Å²) in [4.78, 5) is 41.1. The van der Waals surface area contributed by atoms with Crippen LogP contribution in [0.1, 0.15) is 68.9 Å². The Kier molecular flexibility index (Phi) is 8.30. The van der Waals surface area contributed by atoms with E-state index in [1.165, 1.54) is 0 Å². The number of hydrogen-bond donors (Lipinski definition) is 3. The fourth-order valence-corrected chi connectivity index (χ4v) is 4.27. The third-order valence-corrected chi connectivity index (χ3v) is 6.09. The molecule has 9 nitrogen and oxygen atoms in total. The normalized spacial score (nSPS) is 15.7. The Balaban J connectivity index is 1.67. The number of nitriles is 1. The minimum atomic E-state index is -1.09. The number of aromatic nitrogens is 1. The third-order valence-electron chi connectivity index (χ3n) is 6.09. The maximum atomic E-state index is 13.3. The number of amides is 3. The fraction of sp³-hybridized carbons (Fsp3) is 0.444. The molecule has 1 heterocycles. The van der Waals surface area contributed by atoms with Crippen LogP contribution in [0.2, 0.25) is 0 Å². The molecule has 2 aromatic rings. The molecule has 1 unspecified atom stereocenters. The standard InChI is InChI=1S/C27H33N5O4/c1-26(2,3)36-25(35)32-27(13-5-4-6-14-27)24(34)31-21(16-28)15-18-7-9-19(10-8-18)20-11-12-22(23(29)33)30-17-20/h7-12,17,21H,4-6,13-15H2,1-3H3,(H2,29,33)(H,31,34)(H,32,35). The molecule has 1 aliphatic rings. The zero-order chi connectivity index (χ0) is 26.3. The Labute approximate surface area is 211 Å². The van der Waals surface area contributed by atoms with Crippen molar-refractivity contribution in [2.45, 2.75) is 76.5 Å².